The number of imidazole rings is 1. The lowest BCUT2D eigenvalue weighted by Gasteiger charge is -2.26. The van der Waals surface area contributed by atoms with Gasteiger partial charge in [0.05, 0.1) is 31.1 Å². The molecule has 0 atom stereocenters. The fourth-order valence-electron chi connectivity index (χ4n) is 2.59. The van der Waals surface area contributed by atoms with Crippen LogP contribution < -0.4 is 10.1 Å². The zero-order chi connectivity index (χ0) is 14.7. The summed E-state index contributed by atoms with van der Waals surface area (Å²) in [4.78, 5) is 9.88. The van der Waals surface area contributed by atoms with Gasteiger partial charge in [-0.05, 0) is 12.1 Å². The maximum absolute atomic E-state index is 14.0. The summed E-state index contributed by atoms with van der Waals surface area (Å²) in [5.74, 6) is 1.04. The van der Waals surface area contributed by atoms with E-state index in [0.717, 1.165) is 38.5 Å². The van der Waals surface area contributed by atoms with E-state index in [0.29, 0.717) is 17.0 Å². The Balaban J connectivity index is 1.81. The molecule has 2 N–H and O–H groups in total. The lowest BCUT2D eigenvalue weighted by atomic mass is 10.1. The van der Waals surface area contributed by atoms with E-state index in [1.165, 1.54) is 13.2 Å². The van der Waals surface area contributed by atoms with Gasteiger partial charge in [0.2, 0.25) is 0 Å². The Morgan fingerprint density at radius 2 is 2.14 bits per heavy atom. The third-order valence-corrected chi connectivity index (χ3v) is 3.68. The average molecular weight is 290 g/mol. The van der Waals surface area contributed by atoms with Crippen molar-refractivity contribution >= 4 is 0 Å². The smallest absolute Gasteiger partial charge is 0.136 e. The molecule has 0 radical (unpaired) electrons. The number of H-pyrrole nitrogens is 1. The molecule has 2 aromatic rings. The molecular weight excluding hydrogens is 271 g/mol. The van der Waals surface area contributed by atoms with E-state index in [4.69, 9.17) is 4.74 Å². The van der Waals surface area contributed by atoms with Gasteiger partial charge in [0.1, 0.15) is 17.4 Å². The minimum Gasteiger partial charge on any atom is -0.496 e. The molecule has 0 aliphatic carbocycles. The van der Waals surface area contributed by atoms with Gasteiger partial charge in [-0.3, -0.25) is 4.90 Å². The summed E-state index contributed by atoms with van der Waals surface area (Å²) in [5, 5.41) is 3.32. The van der Waals surface area contributed by atoms with Crippen LogP contribution in [0.5, 0.6) is 5.75 Å². The van der Waals surface area contributed by atoms with E-state index in [1.54, 1.807) is 18.3 Å². The molecule has 1 saturated heterocycles. The Morgan fingerprint density at radius 3 is 2.90 bits per heavy atom. The molecule has 1 aliphatic rings. The number of nitrogens with zero attached hydrogens (tertiary/aromatic N) is 2. The van der Waals surface area contributed by atoms with Gasteiger partial charge in [-0.2, -0.15) is 0 Å². The van der Waals surface area contributed by atoms with Gasteiger partial charge in [0.15, 0.2) is 0 Å². The summed E-state index contributed by atoms with van der Waals surface area (Å²) in [7, 11) is 1.54. The average Bonchev–Trinajstić information content (AvgIpc) is 2.96. The van der Waals surface area contributed by atoms with Gasteiger partial charge in [-0.1, -0.05) is 6.07 Å². The minimum absolute atomic E-state index is 0.313. The highest BCUT2D eigenvalue weighted by Crippen LogP contribution is 2.31. The first-order valence-electron chi connectivity index (χ1n) is 7.08. The fraction of sp³-hybridized carbons (Fsp3) is 0.400. The number of ether oxygens (including phenoxy) is 1. The predicted octanol–water partition coefficient (Wildman–Crippen LogP) is 1.63. The van der Waals surface area contributed by atoms with Crippen LogP contribution in [-0.4, -0.2) is 48.2 Å². The molecule has 1 aromatic heterocycles. The maximum Gasteiger partial charge on any atom is 0.136 e. The number of methoxy groups -OCH3 is 1. The van der Waals surface area contributed by atoms with Crippen molar-refractivity contribution < 1.29 is 9.13 Å². The lowest BCUT2D eigenvalue weighted by Crippen LogP contribution is -2.43. The quantitative estimate of drug-likeness (QED) is 0.898. The summed E-state index contributed by atoms with van der Waals surface area (Å²) < 4.78 is 19.3. The Labute approximate surface area is 123 Å². The number of aromatic amines is 1. The number of nitrogens with one attached hydrogen (secondary N) is 2. The zero-order valence-corrected chi connectivity index (χ0v) is 12.0. The number of hydrogen-bond acceptors (Lipinski definition) is 4. The van der Waals surface area contributed by atoms with Crippen molar-refractivity contribution in [2.45, 2.75) is 6.54 Å². The maximum atomic E-state index is 14.0. The highest BCUT2D eigenvalue weighted by atomic mass is 19.1. The normalized spacial score (nSPS) is 16.1. The Morgan fingerprint density at radius 1 is 1.33 bits per heavy atom. The van der Waals surface area contributed by atoms with E-state index in [2.05, 4.69) is 20.2 Å². The highest BCUT2D eigenvalue weighted by molar-refractivity contribution is 5.67. The van der Waals surface area contributed by atoms with Crippen molar-refractivity contribution in [2.75, 3.05) is 33.3 Å². The molecule has 1 aliphatic heterocycles. The lowest BCUT2D eigenvalue weighted by molar-refractivity contribution is 0.228. The van der Waals surface area contributed by atoms with Gasteiger partial charge < -0.3 is 15.0 Å². The molecule has 0 amide bonds. The molecule has 21 heavy (non-hydrogen) atoms. The molecule has 0 saturated carbocycles. The van der Waals surface area contributed by atoms with Gasteiger partial charge >= 0.3 is 0 Å². The number of rotatable bonds is 4. The van der Waals surface area contributed by atoms with E-state index >= 15 is 0 Å². The van der Waals surface area contributed by atoms with Crippen LogP contribution in [-0.2, 0) is 6.54 Å². The molecule has 112 valence electrons. The van der Waals surface area contributed by atoms with Gasteiger partial charge in [0.25, 0.3) is 0 Å². The van der Waals surface area contributed by atoms with Crippen LogP contribution in [0, 0.1) is 5.82 Å². The highest BCUT2D eigenvalue weighted by Gasteiger charge is 2.16. The monoisotopic (exact) mass is 290 g/mol. The minimum atomic E-state index is -0.313. The van der Waals surface area contributed by atoms with Crippen LogP contribution in [0.15, 0.2) is 24.4 Å². The number of halogens is 1. The van der Waals surface area contributed by atoms with Crippen molar-refractivity contribution in [3.63, 3.8) is 0 Å². The van der Waals surface area contributed by atoms with Gasteiger partial charge in [-0.25, -0.2) is 9.37 Å². The second-order valence-electron chi connectivity index (χ2n) is 5.09. The van der Waals surface area contributed by atoms with Crippen LogP contribution in [0.4, 0.5) is 4.39 Å². The Kier molecular flexibility index (Phi) is 4.17. The second-order valence-corrected chi connectivity index (χ2v) is 5.09. The molecule has 5 nitrogen and oxygen atoms in total. The largest absolute Gasteiger partial charge is 0.496 e. The summed E-state index contributed by atoms with van der Waals surface area (Å²) >= 11 is 0. The summed E-state index contributed by atoms with van der Waals surface area (Å²) in [5.41, 5.74) is 1.08. The topological polar surface area (TPSA) is 53.2 Å². The van der Waals surface area contributed by atoms with Crippen molar-refractivity contribution in [1.82, 2.24) is 20.2 Å². The van der Waals surface area contributed by atoms with E-state index < -0.39 is 0 Å². The van der Waals surface area contributed by atoms with Gasteiger partial charge in [-0.15, -0.1) is 0 Å². The number of aromatic nitrogens is 2. The van der Waals surface area contributed by atoms with Crippen molar-refractivity contribution in [2.24, 2.45) is 0 Å². The van der Waals surface area contributed by atoms with Crippen LogP contribution in [0.2, 0.25) is 0 Å². The third kappa shape index (κ3) is 3.06. The number of piperazine rings is 1. The number of benzene rings is 1. The number of hydrogen-bond donors (Lipinski definition) is 2. The summed E-state index contributed by atoms with van der Waals surface area (Å²) in [6.45, 7) is 4.74. The van der Waals surface area contributed by atoms with Crippen molar-refractivity contribution in [1.29, 1.82) is 0 Å². The summed E-state index contributed by atoms with van der Waals surface area (Å²) in [6, 6.07) is 4.81. The Hall–Kier alpha value is -1.92. The first-order valence-corrected chi connectivity index (χ1v) is 7.08. The van der Waals surface area contributed by atoms with Crippen LogP contribution in [0.1, 0.15) is 5.82 Å². The van der Waals surface area contributed by atoms with Crippen LogP contribution >= 0.6 is 0 Å². The van der Waals surface area contributed by atoms with Crippen LogP contribution in [0.3, 0.4) is 0 Å². The first-order chi connectivity index (χ1) is 10.3. The van der Waals surface area contributed by atoms with E-state index in [-0.39, 0.29) is 5.82 Å². The molecule has 0 unspecified atom stereocenters. The van der Waals surface area contributed by atoms with Crippen LogP contribution in [0.25, 0.3) is 11.3 Å². The fourth-order valence-corrected chi connectivity index (χ4v) is 2.59. The molecule has 6 heteroatoms. The zero-order valence-electron chi connectivity index (χ0n) is 12.0. The SMILES string of the molecule is COc1cccc(F)c1-c1cnc(CN2CCNCC2)[nH]1. The second kappa shape index (κ2) is 6.24. The molecule has 1 fully saturated rings. The van der Waals surface area contributed by atoms with Crippen molar-refractivity contribution in [3.8, 4) is 17.0 Å². The molecular formula is C15H19FN4O. The molecule has 3 rings (SSSR count). The standard InChI is InChI=1S/C15H19FN4O/c1-21-13-4-2-3-11(16)15(13)12-9-18-14(19-12)10-20-7-5-17-6-8-20/h2-4,9,17H,5-8,10H2,1H3,(H,18,19). The molecule has 1 aromatic carbocycles. The first kappa shape index (κ1) is 14.0. The van der Waals surface area contributed by atoms with E-state index in [1.807, 2.05) is 0 Å². The predicted molar refractivity (Wildman–Crippen MR) is 78.7 cm³/mol. The molecule has 0 spiro atoms. The van der Waals surface area contributed by atoms with Crippen molar-refractivity contribution in [3.05, 3.63) is 36.0 Å². The molecule has 2 heterocycles. The van der Waals surface area contributed by atoms with E-state index in [9.17, 15) is 4.39 Å². The Bertz CT molecular complexity index is 607. The molecule has 0 bridgehead atoms. The summed E-state index contributed by atoms with van der Waals surface area (Å²) in [6.07, 6.45) is 1.67. The van der Waals surface area contributed by atoms with Gasteiger partial charge in [0, 0.05) is 26.2 Å². The third-order valence-electron chi connectivity index (χ3n) is 3.68.